The molecule has 0 radical (unpaired) electrons. The highest BCUT2D eigenvalue weighted by Gasteiger charge is 2.59. The van der Waals surface area contributed by atoms with E-state index in [1.165, 1.54) is 4.90 Å². The molecular formula is C26H34F3N5O6. The van der Waals surface area contributed by atoms with Crippen molar-refractivity contribution in [2.24, 2.45) is 11.3 Å². The average Bonchev–Trinajstić information content (AvgIpc) is 3.45. The second kappa shape index (κ2) is 11.1. The number of ether oxygens (including phenoxy) is 2. The fraction of sp³-hybridized carbons (Fsp3) is 0.692. The zero-order chi connectivity index (χ0) is 28.7. The van der Waals surface area contributed by atoms with Gasteiger partial charge in [0, 0.05) is 70.3 Å². The molecule has 3 amide bonds. The third-order valence-corrected chi connectivity index (χ3v) is 8.76. The summed E-state index contributed by atoms with van der Waals surface area (Å²) >= 11 is 0. The molecule has 2 saturated heterocycles. The molecule has 1 aromatic rings. The van der Waals surface area contributed by atoms with Crippen LogP contribution in [0.5, 0.6) is 0 Å². The number of alkyl halides is 3. The number of carbonyl (C=O) groups is 3. The minimum Gasteiger partial charge on any atom is -0.465 e. The topological polar surface area (TPSA) is 133 Å². The van der Waals surface area contributed by atoms with Crippen LogP contribution in [0.2, 0.25) is 0 Å². The molecule has 0 bridgehead atoms. The lowest BCUT2D eigenvalue weighted by Gasteiger charge is -2.37. The molecule has 4 heterocycles. The summed E-state index contributed by atoms with van der Waals surface area (Å²) in [4.78, 5) is 45.1. The van der Waals surface area contributed by atoms with Gasteiger partial charge in [-0.15, -0.1) is 0 Å². The van der Waals surface area contributed by atoms with Crippen molar-refractivity contribution < 1.29 is 42.1 Å². The highest BCUT2D eigenvalue weighted by Crippen LogP contribution is 2.50. The van der Waals surface area contributed by atoms with Crippen LogP contribution < -0.4 is 10.6 Å². The summed E-state index contributed by atoms with van der Waals surface area (Å²) in [5, 5.41) is 14.7. The lowest BCUT2D eigenvalue weighted by molar-refractivity contribution is -0.144. The van der Waals surface area contributed by atoms with E-state index in [0.29, 0.717) is 56.8 Å². The largest absolute Gasteiger partial charge is 0.465 e. The number of halogens is 3. The number of pyridine rings is 1. The molecule has 220 valence electrons. The van der Waals surface area contributed by atoms with Gasteiger partial charge in [-0.2, -0.15) is 13.2 Å². The van der Waals surface area contributed by atoms with Gasteiger partial charge in [0.15, 0.2) is 0 Å². The first-order chi connectivity index (χ1) is 19.0. The number of fused-ring (bicyclic) bond motifs is 2. The van der Waals surface area contributed by atoms with Crippen molar-refractivity contribution in [1.82, 2.24) is 25.4 Å². The van der Waals surface area contributed by atoms with Crippen LogP contribution in [-0.4, -0.2) is 102 Å². The molecule has 0 unspecified atom stereocenters. The highest BCUT2D eigenvalue weighted by atomic mass is 19.4. The molecule has 1 saturated carbocycles. The van der Waals surface area contributed by atoms with Gasteiger partial charge in [-0.1, -0.05) is 0 Å². The monoisotopic (exact) mass is 569 g/mol. The first-order valence-corrected chi connectivity index (χ1v) is 13.5. The maximum Gasteiger partial charge on any atom is 0.417 e. The van der Waals surface area contributed by atoms with Crippen molar-refractivity contribution >= 4 is 17.9 Å². The molecule has 1 aliphatic carbocycles. The Kier molecular flexibility index (Phi) is 7.94. The Morgan fingerprint density at radius 2 is 2.10 bits per heavy atom. The molecule has 4 aliphatic rings. The van der Waals surface area contributed by atoms with E-state index >= 15 is 0 Å². The van der Waals surface area contributed by atoms with E-state index in [2.05, 4.69) is 15.6 Å². The number of hydrogen-bond donors (Lipinski definition) is 3. The third-order valence-electron chi connectivity index (χ3n) is 8.76. The van der Waals surface area contributed by atoms with Crippen LogP contribution >= 0.6 is 0 Å². The molecule has 3 fully saturated rings. The van der Waals surface area contributed by atoms with Gasteiger partial charge in [0.1, 0.15) is 6.54 Å². The summed E-state index contributed by atoms with van der Waals surface area (Å²) < 4.78 is 51.1. The first-order valence-electron chi connectivity index (χ1n) is 13.5. The molecule has 0 aromatic carbocycles. The number of nitrogens with one attached hydrogen (secondary N) is 2. The van der Waals surface area contributed by atoms with E-state index in [1.54, 1.807) is 12.0 Å². The molecule has 3 aliphatic heterocycles. The summed E-state index contributed by atoms with van der Waals surface area (Å²) in [6.07, 6.45) is -2.99. The van der Waals surface area contributed by atoms with Crippen LogP contribution in [0.15, 0.2) is 12.3 Å². The Hall–Kier alpha value is -2.97. The van der Waals surface area contributed by atoms with Crippen molar-refractivity contribution in [3.8, 4) is 0 Å². The van der Waals surface area contributed by atoms with Gasteiger partial charge in [0.25, 0.3) is 0 Å². The van der Waals surface area contributed by atoms with Gasteiger partial charge in [0.05, 0.1) is 23.7 Å². The average molecular weight is 570 g/mol. The molecule has 1 aromatic heterocycles. The molecule has 11 nitrogen and oxygen atoms in total. The third kappa shape index (κ3) is 5.61. The van der Waals surface area contributed by atoms with E-state index in [9.17, 15) is 27.6 Å². The van der Waals surface area contributed by atoms with Gasteiger partial charge in [-0.05, 0) is 36.8 Å². The van der Waals surface area contributed by atoms with Crippen molar-refractivity contribution in [3.05, 3.63) is 29.1 Å². The predicted octanol–water partition coefficient (Wildman–Crippen LogP) is 1.25. The molecular weight excluding hydrogens is 535 g/mol. The van der Waals surface area contributed by atoms with E-state index in [0.717, 1.165) is 18.7 Å². The van der Waals surface area contributed by atoms with Crippen molar-refractivity contribution in [3.63, 3.8) is 0 Å². The van der Waals surface area contributed by atoms with Gasteiger partial charge < -0.3 is 35.0 Å². The summed E-state index contributed by atoms with van der Waals surface area (Å²) in [5.74, 6) is -0.796. The molecule has 14 heteroatoms. The highest BCUT2D eigenvalue weighted by molar-refractivity contribution is 5.88. The Balaban J connectivity index is 1.36. The number of nitrogens with zero attached hydrogens (tertiary/aromatic N) is 3. The number of aromatic nitrogens is 1. The summed E-state index contributed by atoms with van der Waals surface area (Å²) in [6, 6.07) is 1.08. The maximum absolute atomic E-state index is 14.3. The van der Waals surface area contributed by atoms with E-state index in [4.69, 9.17) is 14.6 Å². The van der Waals surface area contributed by atoms with Gasteiger partial charge in [-0.25, -0.2) is 4.79 Å². The summed E-state index contributed by atoms with van der Waals surface area (Å²) in [7, 11) is 1.63. The Bertz CT molecular complexity index is 1150. The van der Waals surface area contributed by atoms with E-state index in [-0.39, 0.29) is 43.1 Å². The number of carbonyl (C=O) groups excluding carboxylic acids is 2. The number of hydrogen-bond acceptors (Lipinski definition) is 7. The minimum atomic E-state index is -4.54. The maximum atomic E-state index is 14.3. The van der Waals surface area contributed by atoms with Crippen LogP contribution in [0, 0.1) is 11.3 Å². The fourth-order valence-electron chi connectivity index (χ4n) is 6.79. The van der Waals surface area contributed by atoms with Crippen LogP contribution in [0.4, 0.5) is 18.0 Å². The zero-order valence-electron chi connectivity index (χ0n) is 22.2. The predicted molar refractivity (Wildman–Crippen MR) is 133 cm³/mol. The van der Waals surface area contributed by atoms with Gasteiger partial charge >= 0.3 is 12.3 Å². The fourth-order valence-corrected chi connectivity index (χ4v) is 6.79. The minimum absolute atomic E-state index is 0.0118. The van der Waals surface area contributed by atoms with E-state index < -0.39 is 35.7 Å². The number of carboxylic acid groups (broad SMARTS) is 1. The van der Waals surface area contributed by atoms with Crippen LogP contribution in [0.1, 0.15) is 36.1 Å². The van der Waals surface area contributed by atoms with Crippen molar-refractivity contribution in [2.75, 3.05) is 46.5 Å². The SMILES string of the molecule is CO[C@@H]1COCC[C@@H]1N[C@@H]1C[C@H]2CN(C(=O)CNC(=O)O)C[C@@]2(C(=O)N2CCc3ncc(C(F)(F)F)cc3C2)C1. The Labute approximate surface area is 229 Å². The number of methoxy groups -OCH3 is 1. The van der Waals surface area contributed by atoms with E-state index in [1.807, 2.05) is 0 Å². The lowest BCUT2D eigenvalue weighted by Crippen LogP contribution is -2.52. The lowest BCUT2D eigenvalue weighted by atomic mass is 9.78. The first kappa shape index (κ1) is 28.6. The quantitative estimate of drug-likeness (QED) is 0.467. The molecule has 40 heavy (non-hydrogen) atoms. The molecule has 5 atom stereocenters. The van der Waals surface area contributed by atoms with Gasteiger partial charge in [-0.3, -0.25) is 14.6 Å². The standard InChI is InChI=1S/C26H34F3N5O6/c1-39-21-13-40-5-3-20(21)32-18-7-17-12-34(22(35)10-31-24(37)38)14-25(17,8-18)23(36)33-4-2-19-15(11-33)6-16(9-30-19)26(27,28)29/h6,9,17-18,20-21,31-32H,2-5,7-8,10-14H2,1H3,(H,37,38)/t17-,18+,20-,21+,25-/m0/s1. The second-order valence-corrected chi connectivity index (χ2v) is 11.1. The molecule has 0 spiro atoms. The van der Waals surface area contributed by atoms with Crippen molar-refractivity contribution in [1.29, 1.82) is 0 Å². The van der Waals surface area contributed by atoms with Crippen LogP contribution in [0.3, 0.4) is 0 Å². The van der Waals surface area contributed by atoms with Crippen LogP contribution in [-0.2, 0) is 38.2 Å². The smallest absolute Gasteiger partial charge is 0.417 e. The Morgan fingerprint density at radius 3 is 2.83 bits per heavy atom. The molecule has 3 N–H and O–H groups in total. The second-order valence-electron chi connectivity index (χ2n) is 11.1. The normalized spacial score (nSPS) is 30.1. The number of likely N-dealkylation sites (tertiary alicyclic amines) is 1. The van der Waals surface area contributed by atoms with Gasteiger partial charge in [0.2, 0.25) is 11.8 Å². The number of rotatable bonds is 6. The number of amides is 3. The zero-order valence-corrected chi connectivity index (χ0v) is 22.2. The summed E-state index contributed by atoms with van der Waals surface area (Å²) in [5.41, 5.74) is -0.868. The Morgan fingerprint density at radius 1 is 1.30 bits per heavy atom. The van der Waals surface area contributed by atoms with Crippen molar-refractivity contribution in [2.45, 2.75) is 56.6 Å². The van der Waals surface area contributed by atoms with Crippen LogP contribution in [0.25, 0.3) is 0 Å². The summed E-state index contributed by atoms with van der Waals surface area (Å²) in [6.45, 7) is 1.42. The molecule has 5 rings (SSSR count).